The second-order valence-corrected chi connectivity index (χ2v) is 9.09. The predicted molar refractivity (Wildman–Crippen MR) is 101 cm³/mol. The molecule has 1 aromatic heterocycles. The van der Waals surface area contributed by atoms with Crippen LogP contribution in [-0.2, 0) is 11.2 Å². The molecule has 4 heteroatoms. The number of piperidine rings is 1. The van der Waals surface area contributed by atoms with Crippen LogP contribution in [0.25, 0.3) is 0 Å². The topological polar surface area (TPSA) is 36.4 Å². The molecule has 0 unspecified atom stereocenters. The summed E-state index contributed by atoms with van der Waals surface area (Å²) in [7, 11) is 0. The summed E-state index contributed by atoms with van der Waals surface area (Å²) in [6.45, 7) is 12.6. The molecular weight excluding hydrogens is 310 g/mol. The average molecular weight is 344 g/mol. The Balaban J connectivity index is 1.44. The standard InChI is InChI=1S/C21H33N3O/c1-21(2,3)16-23-11-6-19(15-23)18-7-12-24(13-8-18)20(25)14-17-4-9-22-10-5-17/h4-5,9-10,18-19H,6-8,11-16H2,1-3H3/t19-/m0/s1. The maximum Gasteiger partial charge on any atom is 0.226 e. The molecule has 2 fully saturated rings. The Kier molecular flexibility index (Phi) is 5.78. The fourth-order valence-corrected chi connectivity index (χ4v) is 4.47. The maximum atomic E-state index is 12.5. The van der Waals surface area contributed by atoms with Gasteiger partial charge in [-0.3, -0.25) is 9.78 Å². The first-order valence-corrected chi connectivity index (χ1v) is 9.80. The van der Waals surface area contributed by atoms with Crippen LogP contribution in [-0.4, -0.2) is 53.4 Å². The molecule has 0 aromatic carbocycles. The minimum Gasteiger partial charge on any atom is -0.342 e. The van der Waals surface area contributed by atoms with Gasteiger partial charge in [-0.1, -0.05) is 20.8 Å². The smallest absolute Gasteiger partial charge is 0.226 e. The minimum absolute atomic E-state index is 0.269. The molecule has 3 rings (SSSR count). The van der Waals surface area contributed by atoms with Gasteiger partial charge in [0.05, 0.1) is 6.42 Å². The molecule has 2 saturated heterocycles. The Labute approximate surface area is 152 Å². The number of aromatic nitrogens is 1. The first-order valence-electron chi connectivity index (χ1n) is 9.80. The van der Waals surface area contributed by atoms with Crippen LogP contribution < -0.4 is 0 Å². The highest BCUT2D eigenvalue weighted by Gasteiger charge is 2.33. The van der Waals surface area contributed by atoms with Gasteiger partial charge in [0.2, 0.25) is 5.91 Å². The van der Waals surface area contributed by atoms with Crippen molar-refractivity contribution < 1.29 is 4.79 Å². The highest BCUT2D eigenvalue weighted by atomic mass is 16.2. The molecule has 4 nitrogen and oxygen atoms in total. The van der Waals surface area contributed by atoms with E-state index in [-0.39, 0.29) is 5.91 Å². The van der Waals surface area contributed by atoms with Crippen molar-refractivity contribution in [1.82, 2.24) is 14.8 Å². The molecular formula is C21H33N3O. The molecule has 25 heavy (non-hydrogen) atoms. The third-order valence-electron chi connectivity index (χ3n) is 5.67. The molecule has 1 amide bonds. The van der Waals surface area contributed by atoms with Gasteiger partial charge in [-0.05, 0) is 60.8 Å². The lowest BCUT2D eigenvalue weighted by molar-refractivity contribution is -0.132. The summed E-state index contributed by atoms with van der Waals surface area (Å²) >= 11 is 0. The summed E-state index contributed by atoms with van der Waals surface area (Å²) in [5, 5.41) is 0. The van der Waals surface area contributed by atoms with Gasteiger partial charge in [0.15, 0.2) is 0 Å². The number of carbonyl (C=O) groups excluding carboxylic acids is 1. The Bertz CT molecular complexity index is 558. The first-order chi connectivity index (χ1) is 11.9. The van der Waals surface area contributed by atoms with Crippen LogP contribution in [0.3, 0.4) is 0 Å². The van der Waals surface area contributed by atoms with E-state index in [9.17, 15) is 4.79 Å². The Morgan fingerprint density at radius 2 is 1.72 bits per heavy atom. The molecule has 1 atom stereocenters. The maximum absolute atomic E-state index is 12.5. The second-order valence-electron chi connectivity index (χ2n) is 9.09. The highest BCUT2D eigenvalue weighted by molar-refractivity contribution is 5.78. The number of likely N-dealkylation sites (tertiary alicyclic amines) is 2. The van der Waals surface area contributed by atoms with Crippen molar-refractivity contribution in [3.63, 3.8) is 0 Å². The van der Waals surface area contributed by atoms with E-state index in [1.54, 1.807) is 12.4 Å². The fraction of sp³-hybridized carbons (Fsp3) is 0.714. The molecule has 138 valence electrons. The lowest BCUT2D eigenvalue weighted by atomic mass is 9.83. The van der Waals surface area contributed by atoms with Crippen molar-refractivity contribution >= 4 is 5.91 Å². The lowest BCUT2D eigenvalue weighted by Crippen LogP contribution is -2.41. The highest BCUT2D eigenvalue weighted by Crippen LogP contribution is 2.33. The molecule has 0 aliphatic carbocycles. The molecule has 0 N–H and O–H groups in total. The molecule has 3 heterocycles. The van der Waals surface area contributed by atoms with Crippen LogP contribution >= 0.6 is 0 Å². The molecule has 0 radical (unpaired) electrons. The van der Waals surface area contributed by atoms with E-state index in [0.29, 0.717) is 11.8 Å². The molecule has 1 aromatic rings. The lowest BCUT2D eigenvalue weighted by Gasteiger charge is -2.35. The number of nitrogens with zero attached hydrogens (tertiary/aromatic N) is 3. The van der Waals surface area contributed by atoms with Crippen LogP contribution in [0.1, 0.15) is 45.6 Å². The van der Waals surface area contributed by atoms with Crippen molar-refractivity contribution in [1.29, 1.82) is 0 Å². The molecule has 0 spiro atoms. The van der Waals surface area contributed by atoms with Gasteiger partial charge in [-0.15, -0.1) is 0 Å². The van der Waals surface area contributed by atoms with E-state index in [0.717, 1.165) is 30.5 Å². The third-order valence-corrected chi connectivity index (χ3v) is 5.67. The first kappa shape index (κ1) is 18.4. The minimum atomic E-state index is 0.269. The number of hydrogen-bond acceptors (Lipinski definition) is 3. The summed E-state index contributed by atoms with van der Waals surface area (Å²) in [5.41, 5.74) is 1.45. The quantitative estimate of drug-likeness (QED) is 0.842. The monoisotopic (exact) mass is 343 g/mol. The zero-order chi connectivity index (χ0) is 17.9. The fourth-order valence-electron chi connectivity index (χ4n) is 4.47. The van der Waals surface area contributed by atoms with E-state index in [1.165, 1.54) is 38.9 Å². The number of amides is 1. The summed E-state index contributed by atoms with van der Waals surface area (Å²) < 4.78 is 0. The van der Waals surface area contributed by atoms with Crippen LogP contribution in [0, 0.1) is 17.3 Å². The van der Waals surface area contributed by atoms with Gasteiger partial charge in [-0.25, -0.2) is 0 Å². The number of rotatable bonds is 4. The van der Waals surface area contributed by atoms with Crippen LogP contribution in [0.2, 0.25) is 0 Å². The zero-order valence-corrected chi connectivity index (χ0v) is 16.1. The van der Waals surface area contributed by atoms with Crippen molar-refractivity contribution in [2.45, 2.75) is 46.5 Å². The van der Waals surface area contributed by atoms with Gasteiger partial charge in [0, 0.05) is 38.6 Å². The van der Waals surface area contributed by atoms with Crippen molar-refractivity contribution in [2.24, 2.45) is 17.3 Å². The van der Waals surface area contributed by atoms with Gasteiger partial charge in [0.25, 0.3) is 0 Å². The summed E-state index contributed by atoms with van der Waals surface area (Å²) in [6, 6.07) is 3.87. The average Bonchev–Trinajstić information content (AvgIpc) is 3.02. The van der Waals surface area contributed by atoms with Gasteiger partial charge in [-0.2, -0.15) is 0 Å². The molecule has 0 saturated carbocycles. The zero-order valence-electron chi connectivity index (χ0n) is 16.1. The summed E-state index contributed by atoms with van der Waals surface area (Å²) in [6.07, 6.45) is 7.73. The second kappa shape index (κ2) is 7.86. The number of hydrogen-bond donors (Lipinski definition) is 0. The number of carbonyl (C=O) groups is 1. The van der Waals surface area contributed by atoms with Crippen LogP contribution in [0.15, 0.2) is 24.5 Å². The van der Waals surface area contributed by atoms with Gasteiger partial charge >= 0.3 is 0 Å². The normalized spacial score (nSPS) is 23.2. The van der Waals surface area contributed by atoms with Crippen molar-refractivity contribution in [2.75, 3.05) is 32.7 Å². The van der Waals surface area contributed by atoms with Gasteiger partial charge in [0.1, 0.15) is 0 Å². The SMILES string of the molecule is CC(C)(C)CN1CC[C@H](C2CCN(C(=O)Cc3ccncc3)CC2)C1. The Hall–Kier alpha value is -1.42. The van der Waals surface area contributed by atoms with E-state index < -0.39 is 0 Å². The van der Waals surface area contributed by atoms with Gasteiger partial charge < -0.3 is 9.80 Å². The Morgan fingerprint density at radius 3 is 2.36 bits per heavy atom. The Morgan fingerprint density at radius 1 is 1.08 bits per heavy atom. The van der Waals surface area contributed by atoms with Crippen LogP contribution in [0.5, 0.6) is 0 Å². The van der Waals surface area contributed by atoms with E-state index in [2.05, 4.69) is 35.6 Å². The molecule has 2 aliphatic rings. The van der Waals surface area contributed by atoms with Crippen molar-refractivity contribution in [3.05, 3.63) is 30.1 Å². The number of pyridine rings is 1. The summed E-state index contributed by atoms with van der Waals surface area (Å²) in [5.74, 6) is 1.90. The van der Waals surface area contributed by atoms with Crippen molar-refractivity contribution in [3.8, 4) is 0 Å². The van der Waals surface area contributed by atoms with Crippen LogP contribution in [0.4, 0.5) is 0 Å². The van der Waals surface area contributed by atoms with E-state index in [1.807, 2.05) is 12.1 Å². The molecule has 0 bridgehead atoms. The predicted octanol–water partition coefficient (Wildman–Crippen LogP) is 3.23. The largest absolute Gasteiger partial charge is 0.342 e. The summed E-state index contributed by atoms with van der Waals surface area (Å²) in [4.78, 5) is 21.2. The molecule has 2 aliphatic heterocycles. The van der Waals surface area contributed by atoms with E-state index >= 15 is 0 Å². The third kappa shape index (κ3) is 5.27. The van der Waals surface area contributed by atoms with E-state index in [4.69, 9.17) is 0 Å².